The number of aromatic nitrogens is 6. The lowest BCUT2D eigenvalue weighted by molar-refractivity contribution is 0.591. The third-order valence-corrected chi connectivity index (χ3v) is 16.9. The van der Waals surface area contributed by atoms with Crippen molar-refractivity contribution in [2.75, 3.05) is 9.80 Å². The highest BCUT2D eigenvalue weighted by Gasteiger charge is 2.23. The summed E-state index contributed by atoms with van der Waals surface area (Å²) in [5.74, 6) is 0. The molecule has 0 bridgehead atoms. The Balaban J connectivity index is 0.806. The zero-order valence-electron chi connectivity index (χ0n) is 47.7. The molecule has 16 aromatic rings. The van der Waals surface area contributed by atoms with Crippen LogP contribution in [-0.4, -0.2) is 29.1 Å². The third-order valence-electron chi connectivity index (χ3n) is 16.9. The maximum atomic E-state index is 5.55. The van der Waals surface area contributed by atoms with Gasteiger partial charge in [-0.25, -0.2) is 9.97 Å². The van der Waals surface area contributed by atoms with Crippen LogP contribution in [0.5, 0.6) is 0 Å². The fraction of sp³-hybridized carbons (Fsp3) is 0.0513. The number of rotatable bonds is 10. The number of anilines is 6. The molecule has 0 N–H and O–H groups in total. The fourth-order valence-electron chi connectivity index (χ4n) is 12.8. The number of fused-ring (bicyclic) bond motifs is 9. The van der Waals surface area contributed by atoms with Crippen molar-refractivity contribution in [1.82, 2.24) is 29.1 Å². The molecule has 8 heteroatoms. The van der Waals surface area contributed by atoms with E-state index >= 15 is 0 Å². The predicted octanol–water partition coefficient (Wildman–Crippen LogP) is 20.5. The second-order valence-electron chi connectivity index (χ2n) is 23.1. The van der Waals surface area contributed by atoms with Gasteiger partial charge in [-0.05, 0) is 144 Å². The monoisotopic (exact) mass is 1100 g/mol. The Kier molecular flexibility index (Phi) is 11.9. The largest absolute Gasteiger partial charge is 0.309 e. The maximum Gasteiger partial charge on any atom is 0.0973 e. The van der Waals surface area contributed by atoms with Crippen molar-refractivity contribution in [1.29, 1.82) is 0 Å². The Hall–Kier alpha value is -11.2. The average Bonchev–Trinajstić information content (AvgIpc) is 1.75. The summed E-state index contributed by atoms with van der Waals surface area (Å²) in [5, 5.41) is 7.06. The molecule has 0 aliphatic carbocycles. The van der Waals surface area contributed by atoms with E-state index in [9.17, 15) is 0 Å². The fourth-order valence-corrected chi connectivity index (χ4v) is 12.8. The molecule has 8 nitrogen and oxygen atoms in total. The first-order valence-electron chi connectivity index (χ1n) is 29.3. The Labute approximate surface area is 497 Å². The zero-order chi connectivity index (χ0) is 57.5. The van der Waals surface area contributed by atoms with E-state index in [1.54, 1.807) is 0 Å². The number of pyridine rings is 2. The van der Waals surface area contributed by atoms with Gasteiger partial charge >= 0.3 is 0 Å². The molecule has 86 heavy (non-hydrogen) atoms. The van der Waals surface area contributed by atoms with Crippen LogP contribution in [0.25, 0.3) is 110 Å². The van der Waals surface area contributed by atoms with Crippen molar-refractivity contribution in [2.45, 2.75) is 26.2 Å². The van der Waals surface area contributed by atoms with Gasteiger partial charge in [0.05, 0.1) is 66.9 Å². The van der Waals surface area contributed by atoms with Crippen molar-refractivity contribution >= 4 is 111 Å². The molecule has 5 aromatic heterocycles. The van der Waals surface area contributed by atoms with E-state index in [1.807, 2.05) is 24.5 Å². The molecule has 0 amide bonds. The Bertz CT molecular complexity index is 5150. The first kappa shape index (κ1) is 50.5. The minimum absolute atomic E-state index is 0.0788. The Morgan fingerprint density at radius 3 is 1.08 bits per heavy atom. The van der Waals surface area contributed by atoms with Gasteiger partial charge in [0.15, 0.2) is 0 Å². The van der Waals surface area contributed by atoms with Gasteiger partial charge in [-0.1, -0.05) is 160 Å². The molecule has 0 atom stereocenters. The number of benzene rings is 11. The summed E-state index contributed by atoms with van der Waals surface area (Å²) in [7, 11) is 0. The first-order chi connectivity index (χ1) is 42.3. The minimum atomic E-state index is -0.0788. The SMILES string of the molecule is CC(C)(C)c1ccc2nc(-c3ccc(N(c4ccc(-n5c6ccccc6c6ccccc65)cc4)c4cccc5cccnc45)cc3)c(-c3ccc(N(c4ccc(-n5c6ccccc6c6ccccc65)cc4)c4cccc5cccnc45)cc3)nc2c1. The van der Waals surface area contributed by atoms with Gasteiger partial charge in [0.1, 0.15) is 0 Å². The van der Waals surface area contributed by atoms with Crippen LogP contribution in [0.1, 0.15) is 26.3 Å². The summed E-state index contributed by atoms with van der Waals surface area (Å²) in [5.41, 5.74) is 21.0. The van der Waals surface area contributed by atoms with Gasteiger partial charge in [0.25, 0.3) is 0 Å². The lowest BCUT2D eigenvalue weighted by Crippen LogP contribution is -2.11. The van der Waals surface area contributed by atoms with Crippen LogP contribution in [0.4, 0.5) is 34.1 Å². The topological polar surface area (TPSA) is 67.9 Å². The van der Waals surface area contributed by atoms with Crippen molar-refractivity contribution in [3.8, 4) is 33.9 Å². The Morgan fingerprint density at radius 1 is 0.326 bits per heavy atom. The van der Waals surface area contributed by atoms with Crippen molar-refractivity contribution in [3.05, 3.63) is 291 Å². The van der Waals surface area contributed by atoms with Gasteiger partial charge in [0, 0.05) is 90.0 Å². The van der Waals surface area contributed by atoms with E-state index in [4.69, 9.17) is 19.9 Å². The standard InChI is InChI=1S/C78H56N8/c1-78(2,3)55-34-47-66-67(50-55)82-77(54-32-37-57(38-33-54)84(73-29-13-17-52-19-15-49-80-75(52)73)59-41-45-61(46-42-59)86-70-26-10-6-22-64(70)65-23-7-11-27-71(65)86)76(81-66)53-30-35-56(36-31-53)83(72-28-12-16-51-18-14-48-79-74(51)72)58-39-43-60(44-40-58)85-68-24-8-4-20-62(68)63-21-5-9-25-69(63)85/h4-50H,1-3H3. The summed E-state index contributed by atoms with van der Waals surface area (Å²) < 4.78 is 4.72. The molecule has 5 heterocycles. The lowest BCUT2D eigenvalue weighted by atomic mass is 9.87. The van der Waals surface area contributed by atoms with Crippen LogP contribution >= 0.6 is 0 Å². The van der Waals surface area contributed by atoms with Crippen LogP contribution in [0.3, 0.4) is 0 Å². The second-order valence-corrected chi connectivity index (χ2v) is 23.1. The number of para-hydroxylation sites is 6. The highest BCUT2D eigenvalue weighted by atomic mass is 15.2. The van der Waals surface area contributed by atoms with Crippen LogP contribution in [0.2, 0.25) is 0 Å². The van der Waals surface area contributed by atoms with Crippen molar-refractivity contribution in [3.63, 3.8) is 0 Å². The summed E-state index contributed by atoms with van der Waals surface area (Å²) in [6.07, 6.45) is 3.75. The smallest absolute Gasteiger partial charge is 0.0973 e. The van der Waals surface area contributed by atoms with Gasteiger partial charge in [-0.15, -0.1) is 0 Å². The average molecular weight is 1110 g/mol. The molecule has 0 fully saturated rings. The van der Waals surface area contributed by atoms with Crippen LogP contribution in [0.15, 0.2) is 285 Å². The van der Waals surface area contributed by atoms with Gasteiger partial charge in [-0.3, -0.25) is 9.97 Å². The first-order valence-corrected chi connectivity index (χ1v) is 29.3. The van der Waals surface area contributed by atoms with Crippen molar-refractivity contribution in [2.24, 2.45) is 0 Å². The normalized spacial score (nSPS) is 11.9. The van der Waals surface area contributed by atoms with Crippen LogP contribution in [0, 0.1) is 0 Å². The highest BCUT2D eigenvalue weighted by Crippen LogP contribution is 2.44. The molecular formula is C78H56N8. The molecule has 16 rings (SSSR count). The summed E-state index contributed by atoms with van der Waals surface area (Å²) in [6, 6.07) is 97.4. The second kappa shape index (κ2) is 20.3. The molecule has 0 aliphatic heterocycles. The van der Waals surface area contributed by atoms with Gasteiger partial charge in [-0.2, -0.15) is 0 Å². The minimum Gasteiger partial charge on any atom is -0.309 e. The summed E-state index contributed by atoms with van der Waals surface area (Å²) in [4.78, 5) is 25.6. The van der Waals surface area contributed by atoms with Gasteiger partial charge in [0.2, 0.25) is 0 Å². The molecule has 0 spiro atoms. The van der Waals surface area contributed by atoms with E-state index in [1.165, 1.54) is 49.2 Å². The Morgan fingerprint density at radius 2 is 0.686 bits per heavy atom. The molecule has 11 aromatic carbocycles. The number of nitrogens with zero attached hydrogens (tertiary/aromatic N) is 8. The molecule has 0 unspecified atom stereocenters. The van der Waals surface area contributed by atoms with Crippen LogP contribution < -0.4 is 9.80 Å². The zero-order valence-corrected chi connectivity index (χ0v) is 47.7. The van der Waals surface area contributed by atoms with E-state index in [0.717, 1.165) is 101 Å². The lowest BCUT2D eigenvalue weighted by Gasteiger charge is -2.27. The highest BCUT2D eigenvalue weighted by molar-refractivity contribution is 6.10. The maximum absolute atomic E-state index is 5.55. The van der Waals surface area contributed by atoms with E-state index in [-0.39, 0.29) is 5.41 Å². The molecule has 0 aliphatic rings. The number of hydrogen-bond acceptors (Lipinski definition) is 6. The van der Waals surface area contributed by atoms with Gasteiger partial charge < -0.3 is 18.9 Å². The van der Waals surface area contributed by atoms with Crippen LogP contribution in [-0.2, 0) is 5.41 Å². The molecule has 0 saturated carbocycles. The van der Waals surface area contributed by atoms with E-state index in [0.29, 0.717) is 0 Å². The van der Waals surface area contributed by atoms with E-state index in [2.05, 4.69) is 301 Å². The summed E-state index contributed by atoms with van der Waals surface area (Å²) >= 11 is 0. The number of hydrogen-bond donors (Lipinski definition) is 0. The van der Waals surface area contributed by atoms with Crippen molar-refractivity contribution < 1.29 is 0 Å². The predicted molar refractivity (Wildman–Crippen MR) is 358 cm³/mol. The molecular weight excluding hydrogens is 1050 g/mol. The quantitative estimate of drug-likeness (QED) is 0.136. The summed E-state index contributed by atoms with van der Waals surface area (Å²) in [6.45, 7) is 6.72. The molecule has 0 saturated heterocycles. The van der Waals surface area contributed by atoms with E-state index < -0.39 is 0 Å². The molecule has 0 radical (unpaired) electrons. The third kappa shape index (κ3) is 8.52. The molecule has 408 valence electrons.